The molecular weight excluding hydrogens is 406 g/mol. The maximum Gasteiger partial charge on any atom is 0.311 e. The second-order valence-electron chi connectivity index (χ2n) is 6.54. The number of hydrogen-bond acceptors (Lipinski definition) is 6. The lowest BCUT2D eigenvalue weighted by Gasteiger charge is -2.23. The second-order valence-corrected chi connectivity index (χ2v) is 8.32. The highest BCUT2D eigenvalue weighted by Crippen LogP contribution is 2.28. The molecular formula is C22H27NO6S. The number of esters is 1. The predicted octanol–water partition coefficient (Wildman–Crippen LogP) is 4.31. The summed E-state index contributed by atoms with van der Waals surface area (Å²) in [5, 5.41) is 0. The Balaban J connectivity index is 2.37. The molecule has 0 spiro atoms. The SMILES string of the molecule is CCCC(=O)Oc1ccc(N(C(=O)CCC)S(=O)(=O)c2ccc(OCC)cc2)cc1. The van der Waals surface area contributed by atoms with E-state index in [-0.39, 0.29) is 29.4 Å². The van der Waals surface area contributed by atoms with Crippen molar-refractivity contribution >= 4 is 27.6 Å². The highest BCUT2D eigenvalue weighted by Gasteiger charge is 2.30. The van der Waals surface area contributed by atoms with Crippen molar-refractivity contribution in [3.8, 4) is 11.5 Å². The van der Waals surface area contributed by atoms with Gasteiger partial charge in [-0.15, -0.1) is 0 Å². The summed E-state index contributed by atoms with van der Waals surface area (Å²) in [6.45, 7) is 5.96. The van der Waals surface area contributed by atoms with Crippen molar-refractivity contribution in [3.63, 3.8) is 0 Å². The zero-order chi connectivity index (χ0) is 22.1. The number of sulfonamides is 1. The average Bonchev–Trinajstić information content (AvgIpc) is 2.70. The van der Waals surface area contributed by atoms with E-state index < -0.39 is 15.9 Å². The molecule has 2 aromatic rings. The van der Waals surface area contributed by atoms with Crippen LogP contribution in [0, 0.1) is 0 Å². The molecule has 0 atom stereocenters. The van der Waals surface area contributed by atoms with E-state index in [2.05, 4.69) is 0 Å². The first-order valence-corrected chi connectivity index (χ1v) is 11.4. The summed E-state index contributed by atoms with van der Waals surface area (Å²) in [6.07, 6.45) is 1.52. The molecule has 0 unspecified atom stereocenters. The molecule has 0 aliphatic rings. The zero-order valence-corrected chi connectivity index (χ0v) is 18.3. The van der Waals surface area contributed by atoms with Crippen molar-refractivity contribution < 1.29 is 27.5 Å². The summed E-state index contributed by atoms with van der Waals surface area (Å²) < 4.78 is 37.8. The molecule has 0 fully saturated rings. The normalized spacial score (nSPS) is 11.0. The minimum Gasteiger partial charge on any atom is -0.494 e. The van der Waals surface area contributed by atoms with Gasteiger partial charge in [0.1, 0.15) is 11.5 Å². The average molecular weight is 434 g/mol. The lowest BCUT2D eigenvalue weighted by Crippen LogP contribution is -2.36. The first-order chi connectivity index (χ1) is 14.3. The van der Waals surface area contributed by atoms with Gasteiger partial charge >= 0.3 is 5.97 Å². The molecule has 0 saturated heterocycles. The van der Waals surface area contributed by atoms with E-state index in [1.807, 2.05) is 13.8 Å². The van der Waals surface area contributed by atoms with Crippen LogP contribution in [0.2, 0.25) is 0 Å². The molecule has 1 amide bonds. The van der Waals surface area contributed by atoms with E-state index in [1.54, 1.807) is 19.1 Å². The van der Waals surface area contributed by atoms with Gasteiger partial charge in [-0.25, -0.2) is 12.7 Å². The first-order valence-electron chi connectivity index (χ1n) is 9.95. The fourth-order valence-electron chi connectivity index (χ4n) is 2.75. The van der Waals surface area contributed by atoms with Crippen LogP contribution in [0.5, 0.6) is 11.5 Å². The molecule has 162 valence electrons. The smallest absolute Gasteiger partial charge is 0.311 e. The molecule has 2 aromatic carbocycles. The third-order valence-electron chi connectivity index (χ3n) is 4.12. The van der Waals surface area contributed by atoms with E-state index in [0.717, 1.165) is 4.31 Å². The molecule has 7 nitrogen and oxygen atoms in total. The Morgan fingerprint density at radius 2 is 1.40 bits per heavy atom. The van der Waals surface area contributed by atoms with Crippen molar-refractivity contribution in [3.05, 3.63) is 48.5 Å². The standard InChI is InChI=1S/C22H27NO6S/c1-4-7-21(24)23(17-9-11-19(12-10-17)29-22(25)8-5-2)30(26,27)20-15-13-18(14-16-20)28-6-3/h9-16H,4-8H2,1-3H3. The van der Waals surface area contributed by atoms with Crippen molar-refractivity contribution in [2.45, 2.75) is 51.3 Å². The Morgan fingerprint density at radius 1 is 0.833 bits per heavy atom. The number of rotatable bonds is 10. The molecule has 0 N–H and O–H groups in total. The number of carbonyl (C=O) groups excluding carboxylic acids is 2. The van der Waals surface area contributed by atoms with Crippen LogP contribution >= 0.6 is 0 Å². The number of amides is 1. The van der Waals surface area contributed by atoms with E-state index in [4.69, 9.17) is 9.47 Å². The monoisotopic (exact) mass is 433 g/mol. The number of anilines is 1. The summed E-state index contributed by atoms with van der Waals surface area (Å²) in [6, 6.07) is 11.8. The Bertz CT molecular complexity index is 952. The molecule has 0 bridgehead atoms. The Morgan fingerprint density at radius 3 is 1.93 bits per heavy atom. The fourth-order valence-corrected chi connectivity index (χ4v) is 4.20. The highest BCUT2D eigenvalue weighted by molar-refractivity contribution is 7.93. The molecule has 0 aromatic heterocycles. The fraction of sp³-hybridized carbons (Fsp3) is 0.364. The zero-order valence-electron chi connectivity index (χ0n) is 17.5. The van der Waals surface area contributed by atoms with Gasteiger partial charge in [0.05, 0.1) is 17.2 Å². The quantitative estimate of drug-likeness (QED) is 0.410. The van der Waals surface area contributed by atoms with Gasteiger partial charge in [-0.3, -0.25) is 9.59 Å². The minimum atomic E-state index is -4.13. The Kier molecular flexibility index (Phi) is 8.41. The van der Waals surface area contributed by atoms with Gasteiger partial charge in [-0.1, -0.05) is 13.8 Å². The van der Waals surface area contributed by atoms with E-state index in [9.17, 15) is 18.0 Å². The van der Waals surface area contributed by atoms with Gasteiger partial charge in [0.25, 0.3) is 10.0 Å². The summed E-state index contributed by atoms with van der Waals surface area (Å²) in [5.41, 5.74) is 0.178. The second kappa shape index (κ2) is 10.8. The Labute approximate surface area is 177 Å². The van der Waals surface area contributed by atoms with Crippen LogP contribution in [0.1, 0.15) is 46.5 Å². The molecule has 0 aliphatic heterocycles. The third-order valence-corrected chi connectivity index (χ3v) is 5.88. The molecule has 8 heteroatoms. The summed E-state index contributed by atoms with van der Waals surface area (Å²) in [7, 11) is -4.13. The Hall–Kier alpha value is -2.87. The highest BCUT2D eigenvalue weighted by atomic mass is 32.2. The van der Waals surface area contributed by atoms with Crippen LogP contribution < -0.4 is 13.8 Å². The van der Waals surface area contributed by atoms with Crippen LogP contribution in [0.15, 0.2) is 53.4 Å². The molecule has 0 saturated carbocycles. The van der Waals surface area contributed by atoms with Crippen molar-refractivity contribution in [1.82, 2.24) is 0 Å². The topological polar surface area (TPSA) is 90.0 Å². The van der Waals surface area contributed by atoms with Crippen molar-refractivity contribution in [2.75, 3.05) is 10.9 Å². The molecule has 2 rings (SSSR count). The summed E-state index contributed by atoms with van der Waals surface area (Å²) in [4.78, 5) is 24.3. The maximum absolute atomic E-state index is 13.2. The van der Waals surface area contributed by atoms with Gasteiger partial charge in [0.15, 0.2) is 0 Å². The maximum atomic E-state index is 13.2. The van der Waals surface area contributed by atoms with Gasteiger partial charge < -0.3 is 9.47 Å². The number of carbonyl (C=O) groups is 2. The predicted molar refractivity (Wildman–Crippen MR) is 114 cm³/mol. The van der Waals surface area contributed by atoms with Gasteiger partial charge in [0, 0.05) is 12.8 Å². The number of hydrogen-bond donors (Lipinski definition) is 0. The number of benzene rings is 2. The van der Waals surface area contributed by atoms with Crippen LogP contribution in [-0.4, -0.2) is 26.9 Å². The van der Waals surface area contributed by atoms with Crippen LogP contribution in [0.4, 0.5) is 5.69 Å². The number of nitrogens with zero attached hydrogens (tertiary/aromatic N) is 1. The van der Waals surface area contributed by atoms with Crippen LogP contribution in [-0.2, 0) is 19.6 Å². The number of ether oxygens (including phenoxy) is 2. The van der Waals surface area contributed by atoms with Gasteiger partial charge in [-0.05, 0) is 68.3 Å². The summed E-state index contributed by atoms with van der Waals surface area (Å²) >= 11 is 0. The lowest BCUT2D eigenvalue weighted by atomic mass is 10.2. The van der Waals surface area contributed by atoms with E-state index in [0.29, 0.717) is 30.9 Å². The summed E-state index contributed by atoms with van der Waals surface area (Å²) in [5.74, 6) is -0.0759. The van der Waals surface area contributed by atoms with E-state index in [1.165, 1.54) is 36.4 Å². The van der Waals surface area contributed by atoms with Gasteiger partial charge in [0.2, 0.25) is 5.91 Å². The molecule has 0 heterocycles. The van der Waals surface area contributed by atoms with Crippen LogP contribution in [0.25, 0.3) is 0 Å². The van der Waals surface area contributed by atoms with Crippen molar-refractivity contribution in [2.24, 2.45) is 0 Å². The first kappa shape index (κ1) is 23.4. The van der Waals surface area contributed by atoms with Crippen molar-refractivity contribution in [1.29, 1.82) is 0 Å². The van der Waals surface area contributed by atoms with Crippen LogP contribution in [0.3, 0.4) is 0 Å². The van der Waals surface area contributed by atoms with Gasteiger partial charge in [-0.2, -0.15) is 0 Å². The van der Waals surface area contributed by atoms with E-state index >= 15 is 0 Å². The minimum absolute atomic E-state index is 0.0196. The molecule has 30 heavy (non-hydrogen) atoms. The molecule has 0 aliphatic carbocycles. The third kappa shape index (κ3) is 5.82. The molecule has 0 radical (unpaired) electrons. The largest absolute Gasteiger partial charge is 0.494 e. The lowest BCUT2D eigenvalue weighted by molar-refractivity contribution is -0.134.